The van der Waals surface area contributed by atoms with Gasteiger partial charge in [-0.25, -0.2) is 0 Å². The maximum atomic E-state index is 12.3. The highest BCUT2D eigenvalue weighted by Gasteiger charge is 2.30. The van der Waals surface area contributed by atoms with E-state index in [9.17, 15) is 13.2 Å². The molecule has 6 heteroatoms. The van der Waals surface area contributed by atoms with Crippen molar-refractivity contribution in [1.82, 2.24) is 0 Å². The normalized spacial score (nSPS) is 10.6. The molecule has 30 heavy (non-hydrogen) atoms. The first-order chi connectivity index (χ1) is 14.2. The predicted molar refractivity (Wildman–Crippen MR) is 115 cm³/mol. The first kappa shape index (κ1) is 21.3. The van der Waals surface area contributed by atoms with E-state index >= 15 is 0 Å². The van der Waals surface area contributed by atoms with Crippen molar-refractivity contribution in [2.45, 2.75) is 20.2 Å². The number of benzene rings is 3. The molecule has 3 rings (SSSR count). The molecule has 3 aromatic rings. The lowest BCUT2D eigenvalue weighted by Crippen LogP contribution is -2.16. The van der Waals surface area contributed by atoms with Crippen LogP contribution in [0.25, 0.3) is 11.1 Å². The molecule has 0 unspecified atom stereocenters. The standard InChI is InChI=1S/C24H16F3NOS/c1-16-14-21(20-8-10-22(11-9-20)29-24(25,26)27)7-6-19(16)5-3-18-4-12-23(28-15-30)17(2)13-18/h4,6-14H,1-2H3. The number of nitrogens with zero attached hydrogens (tertiary/aromatic N) is 1. The van der Waals surface area contributed by atoms with E-state index in [1.807, 2.05) is 50.2 Å². The lowest BCUT2D eigenvalue weighted by molar-refractivity contribution is -0.274. The van der Waals surface area contributed by atoms with Gasteiger partial charge in [0.2, 0.25) is 0 Å². The number of rotatable bonds is 3. The summed E-state index contributed by atoms with van der Waals surface area (Å²) in [7, 11) is 0. The van der Waals surface area contributed by atoms with E-state index in [2.05, 4.69) is 38.9 Å². The summed E-state index contributed by atoms with van der Waals surface area (Å²) in [5.41, 5.74) is 6.10. The van der Waals surface area contributed by atoms with Crippen molar-refractivity contribution in [2.24, 2.45) is 4.99 Å². The molecule has 0 aromatic heterocycles. The number of thiocarbonyl (C=S) groups is 1. The molecule has 0 saturated heterocycles. The van der Waals surface area contributed by atoms with Crippen LogP contribution in [0.4, 0.5) is 18.9 Å². The van der Waals surface area contributed by atoms with Gasteiger partial charge in [0.05, 0.1) is 10.8 Å². The molecule has 0 aliphatic carbocycles. The quantitative estimate of drug-likeness (QED) is 0.257. The lowest BCUT2D eigenvalue weighted by Gasteiger charge is -2.10. The summed E-state index contributed by atoms with van der Waals surface area (Å²) < 4.78 is 40.8. The molecule has 3 aromatic carbocycles. The van der Waals surface area contributed by atoms with E-state index in [1.54, 1.807) is 12.1 Å². The molecule has 0 aliphatic rings. The third-order valence-corrected chi connectivity index (χ3v) is 4.44. The highest BCUT2D eigenvalue weighted by atomic mass is 32.1. The van der Waals surface area contributed by atoms with Gasteiger partial charge in [0.25, 0.3) is 0 Å². The molecule has 0 bridgehead atoms. The molecular weight excluding hydrogens is 407 g/mol. The summed E-state index contributed by atoms with van der Waals surface area (Å²) in [4.78, 5) is 3.99. The minimum absolute atomic E-state index is 0.247. The van der Waals surface area contributed by atoms with Gasteiger partial charge in [0, 0.05) is 11.1 Å². The minimum Gasteiger partial charge on any atom is -0.406 e. The van der Waals surface area contributed by atoms with Gasteiger partial charge in [-0.05, 0) is 84.7 Å². The number of isothiocyanates is 1. The molecule has 0 spiro atoms. The van der Waals surface area contributed by atoms with Crippen molar-refractivity contribution in [1.29, 1.82) is 0 Å². The van der Waals surface area contributed by atoms with Crippen LogP contribution in [0.1, 0.15) is 22.3 Å². The Morgan fingerprint density at radius 1 is 0.833 bits per heavy atom. The van der Waals surface area contributed by atoms with Crippen LogP contribution in [0, 0.1) is 25.7 Å². The molecule has 0 atom stereocenters. The van der Waals surface area contributed by atoms with Crippen LogP contribution in [-0.4, -0.2) is 11.5 Å². The van der Waals surface area contributed by atoms with Gasteiger partial charge in [0.15, 0.2) is 0 Å². The van der Waals surface area contributed by atoms with Crippen LogP contribution >= 0.6 is 12.2 Å². The summed E-state index contributed by atoms with van der Waals surface area (Å²) in [6, 6.07) is 17.2. The number of ether oxygens (including phenoxy) is 1. The van der Waals surface area contributed by atoms with Gasteiger partial charge < -0.3 is 4.74 Å². The molecule has 0 amide bonds. The van der Waals surface area contributed by atoms with Crippen molar-refractivity contribution in [3.05, 3.63) is 82.9 Å². The van der Waals surface area contributed by atoms with Gasteiger partial charge in [-0.15, -0.1) is 13.2 Å². The summed E-state index contributed by atoms with van der Waals surface area (Å²) in [5.74, 6) is 6.05. The van der Waals surface area contributed by atoms with Crippen molar-refractivity contribution >= 4 is 23.1 Å². The highest BCUT2D eigenvalue weighted by molar-refractivity contribution is 7.78. The number of aliphatic imine (C=N–C) groups is 1. The molecule has 0 radical (unpaired) electrons. The third kappa shape index (κ3) is 5.57. The fraction of sp³-hybridized carbons (Fsp3) is 0.125. The zero-order valence-corrected chi connectivity index (χ0v) is 17.0. The maximum absolute atomic E-state index is 12.3. The Morgan fingerprint density at radius 2 is 1.53 bits per heavy atom. The van der Waals surface area contributed by atoms with Crippen molar-refractivity contribution < 1.29 is 17.9 Å². The summed E-state index contributed by atoms with van der Waals surface area (Å²) in [6.07, 6.45) is -4.70. The number of alkyl halides is 3. The first-order valence-corrected chi connectivity index (χ1v) is 9.33. The van der Waals surface area contributed by atoms with Crippen molar-refractivity contribution in [2.75, 3.05) is 0 Å². The Bertz CT molecular complexity index is 1180. The van der Waals surface area contributed by atoms with E-state index in [0.717, 1.165) is 39.1 Å². The average molecular weight is 423 g/mol. The van der Waals surface area contributed by atoms with Gasteiger partial charge in [0.1, 0.15) is 5.75 Å². The predicted octanol–water partition coefficient (Wildman–Crippen LogP) is 7.00. The minimum atomic E-state index is -4.70. The van der Waals surface area contributed by atoms with E-state index in [4.69, 9.17) is 0 Å². The van der Waals surface area contributed by atoms with Crippen LogP contribution in [0.15, 0.2) is 65.7 Å². The topological polar surface area (TPSA) is 21.6 Å². The number of hydrogen-bond acceptors (Lipinski definition) is 3. The van der Waals surface area contributed by atoms with E-state index in [0.29, 0.717) is 0 Å². The molecule has 0 heterocycles. The molecular formula is C24H16F3NOS. The average Bonchev–Trinajstić information content (AvgIpc) is 2.68. The molecule has 0 fully saturated rings. The van der Waals surface area contributed by atoms with Gasteiger partial charge in [-0.3, -0.25) is 0 Å². The second-order valence-electron chi connectivity index (χ2n) is 6.56. The largest absolute Gasteiger partial charge is 0.573 e. The van der Waals surface area contributed by atoms with Gasteiger partial charge in [-0.2, -0.15) is 4.99 Å². The SMILES string of the molecule is Cc1cc(-c2ccc(OC(F)(F)F)cc2)ccc1C#Cc1ccc(N=C=S)c(C)c1. The summed E-state index contributed by atoms with van der Waals surface area (Å²) in [6.45, 7) is 3.87. The summed E-state index contributed by atoms with van der Waals surface area (Å²) >= 11 is 4.63. The zero-order valence-electron chi connectivity index (χ0n) is 16.2. The summed E-state index contributed by atoms with van der Waals surface area (Å²) in [5, 5.41) is 2.36. The monoisotopic (exact) mass is 423 g/mol. The Kier molecular flexibility index (Phi) is 6.37. The molecule has 2 nitrogen and oxygen atoms in total. The second-order valence-corrected chi connectivity index (χ2v) is 6.74. The fourth-order valence-corrected chi connectivity index (χ4v) is 2.98. The van der Waals surface area contributed by atoms with Crippen LogP contribution in [-0.2, 0) is 0 Å². The zero-order chi connectivity index (χ0) is 21.7. The van der Waals surface area contributed by atoms with E-state index in [-0.39, 0.29) is 5.75 Å². The van der Waals surface area contributed by atoms with Crippen LogP contribution in [0.2, 0.25) is 0 Å². The molecule has 150 valence electrons. The fourth-order valence-electron chi connectivity index (χ4n) is 2.88. The third-order valence-electron chi connectivity index (χ3n) is 4.35. The van der Waals surface area contributed by atoms with E-state index in [1.165, 1.54) is 12.1 Å². The Balaban J connectivity index is 1.80. The Labute approximate surface area is 178 Å². The Hall–Kier alpha value is -3.39. The number of halogens is 3. The molecule has 0 saturated carbocycles. The molecule has 0 aliphatic heterocycles. The second kappa shape index (κ2) is 8.96. The smallest absolute Gasteiger partial charge is 0.406 e. The van der Waals surface area contributed by atoms with Crippen molar-refractivity contribution in [3.8, 4) is 28.7 Å². The molecule has 0 N–H and O–H groups in total. The first-order valence-electron chi connectivity index (χ1n) is 8.92. The van der Waals surface area contributed by atoms with Crippen LogP contribution in [0.5, 0.6) is 5.75 Å². The number of hydrogen-bond donors (Lipinski definition) is 0. The van der Waals surface area contributed by atoms with Crippen LogP contribution in [0.3, 0.4) is 0 Å². The maximum Gasteiger partial charge on any atom is 0.573 e. The van der Waals surface area contributed by atoms with E-state index < -0.39 is 6.36 Å². The Morgan fingerprint density at radius 3 is 2.13 bits per heavy atom. The lowest BCUT2D eigenvalue weighted by atomic mass is 9.99. The highest BCUT2D eigenvalue weighted by Crippen LogP contribution is 2.27. The van der Waals surface area contributed by atoms with Crippen LogP contribution < -0.4 is 4.74 Å². The number of aryl methyl sites for hydroxylation is 2. The van der Waals surface area contributed by atoms with Crippen molar-refractivity contribution in [3.63, 3.8) is 0 Å². The van der Waals surface area contributed by atoms with Gasteiger partial charge >= 0.3 is 6.36 Å². The van der Waals surface area contributed by atoms with Gasteiger partial charge in [-0.1, -0.05) is 36.1 Å².